The minimum absolute atomic E-state index is 0.0627. The second-order valence-electron chi connectivity index (χ2n) is 9.34. The van der Waals surface area contributed by atoms with Gasteiger partial charge in [0.05, 0.1) is 0 Å². The molecule has 34 heavy (non-hydrogen) atoms. The molecule has 0 aliphatic heterocycles. The number of carboxylic acids is 3. The second kappa shape index (κ2) is 16.6. The Kier molecular flexibility index (Phi) is 15.7. The van der Waals surface area contributed by atoms with Crippen molar-refractivity contribution >= 4 is 23.7 Å². The SMILES string of the molecule is CCCCCCOC(C(=O)O)(C(C(C)=O)C(=O)O)C(CCCCCC)(CCCCCC)C(=O)O. The van der Waals surface area contributed by atoms with Gasteiger partial charge in [0.1, 0.15) is 11.2 Å². The van der Waals surface area contributed by atoms with Crippen molar-refractivity contribution in [2.45, 2.75) is 123 Å². The van der Waals surface area contributed by atoms with Gasteiger partial charge in [-0.3, -0.25) is 14.4 Å². The zero-order chi connectivity index (χ0) is 26.2. The fourth-order valence-corrected chi connectivity index (χ4v) is 4.86. The summed E-state index contributed by atoms with van der Waals surface area (Å²) in [5.74, 6) is -7.82. The maximum atomic E-state index is 12.9. The molecular formula is C26H46O8. The van der Waals surface area contributed by atoms with E-state index in [0.717, 1.165) is 51.9 Å². The largest absolute Gasteiger partial charge is 0.481 e. The molecule has 2 unspecified atom stereocenters. The summed E-state index contributed by atoms with van der Waals surface area (Å²) in [4.78, 5) is 50.7. The predicted molar refractivity (Wildman–Crippen MR) is 130 cm³/mol. The van der Waals surface area contributed by atoms with Crippen LogP contribution in [0, 0.1) is 11.3 Å². The van der Waals surface area contributed by atoms with Gasteiger partial charge in [-0.25, -0.2) is 4.79 Å². The van der Waals surface area contributed by atoms with Crippen LogP contribution in [0.4, 0.5) is 0 Å². The molecule has 0 amide bonds. The molecule has 0 saturated heterocycles. The lowest BCUT2D eigenvalue weighted by molar-refractivity contribution is -0.219. The van der Waals surface area contributed by atoms with Crippen molar-refractivity contribution in [1.82, 2.24) is 0 Å². The Balaban J connectivity index is 6.73. The summed E-state index contributed by atoms with van der Waals surface area (Å²) in [6.45, 7) is 6.90. The fourth-order valence-electron chi connectivity index (χ4n) is 4.86. The lowest BCUT2D eigenvalue weighted by Gasteiger charge is -2.47. The molecule has 0 aliphatic carbocycles. The van der Waals surface area contributed by atoms with E-state index in [1.807, 2.05) is 20.8 Å². The molecule has 198 valence electrons. The first-order valence-electron chi connectivity index (χ1n) is 12.9. The summed E-state index contributed by atoms with van der Waals surface area (Å²) in [5, 5.41) is 31.0. The van der Waals surface area contributed by atoms with Crippen LogP contribution >= 0.6 is 0 Å². The van der Waals surface area contributed by atoms with E-state index in [4.69, 9.17) is 4.74 Å². The Bertz CT molecular complexity index is 619. The van der Waals surface area contributed by atoms with Crippen LogP contribution in [0.15, 0.2) is 0 Å². The van der Waals surface area contributed by atoms with Crippen molar-refractivity contribution in [2.24, 2.45) is 11.3 Å². The van der Waals surface area contributed by atoms with Crippen molar-refractivity contribution in [2.75, 3.05) is 6.61 Å². The number of unbranched alkanes of at least 4 members (excludes halogenated alkanes) is 9. The van der Waals surface area contributed by atoms with Crippen LogP contribution in [0.1, 0.15) is 118 Å². The quantitative estimate of drug-likeness (QED) is 0.131. The minimum atomic E-state index is -2.69. The molecule has 0 bridgehead atoms. The van der Waals surface area contributed by atoms with Crippen molar-refractivity contribution in [3.63, 3.8) is 0 Å². The molecule has 0 aromatic rings. The Morgan fingerprint density at radius 3 is 1.44 bits per heavy atom. The van der Waals surface area contributed by atoms with Crippen molar-refractivity contribution in [1.29, 1.82) is 0 Å². The highest BCUT2D eigenvalue weighted by molar-refractivity contribution is 6.06. The monoisotopic (exact) mass is 486 g/mol. The third kappa shape index (κ3) is 8.36. The van der Waals surface area contributed by atoms with E-state index in [1.165, 1.54) is 0 Å². The summed E-state index contributed by atoms with van der Waals surface area (Å²) in [7, 11) is 0. The summed E-state index contributed by atoms with van der Waals surface area (Å²) in [6.07, 6.45) is 8.56. The third-order valence-electron chi connectivity index (χ3n) is 6.74. The maximum Gasteiger partial charge on any atom is 0.338 e. The standard InChI is InChI=1S/C26H46O8/c1-5-8-11-14-17-25(23(30)31,18-15-12-9-6-2)26(24(32)33,21(20(4)27)22(28)29)34-19-16-13-10-7-3/h21H,5-19H2,1-4H3,(H,28,29)(H,30,31)(H,32,33). The van der Waals surface area contributed by atoms with Gasteiger partial charge in [-0.1, -0.05) is 91.4 Å². The van der Waals surface area contributed by atoms with Crippen molar-refractivity contribution < 1.29 is 39.2 Å². The molecule has 0 aromatic carbocycles. The van der Waals surface area contributed by atoms with Crippen molar-refractivity contribution in [3.05, 3.63) is 0 Å². The Hall–Kier alpha value is -1.96. The first-order chi connectivity index (χ1) is 16.1. The second-order valence-corrected chi connectivity index (χ2v) is 9.34. The maximum absolute atomic E-state index is 12.9. The van der Waals surface area contributed by atoms with Gasteiger partial charge in [-0.2, -0.15) is 0 Å². The summed E-state index contributed by atoms with van der Waals surface area (Å²) in [5.41, 5.74) is -4.74. The Labute approximate surface area is 204 Å². The van der Waals surface area contributed by atoms with E-state index in [1.54, 1.807) is 0 Å². The average molecular weight is 487 g/mol. The number of ether oxygens (including phenoxy) is 1. The van der Waals surface area contributed by atoms with Crippen LogP contribution in [0.25, 0.3) is 0 Å². The van der Waals surface area contributed by atoms with Gasteiger partial charge in [0.15, 0.2) is 5.92 Å². The lowest BCUT2D eigenvalue weighted by Crippen LogP contribution is -2.67. The van der Waals surface area contributed by atoms with E-state index in [2.05, 4.69) is 0 Å². The number of hydrogen-bond acceptors (Lipinski definition) is 5. The first kappa shape index (κ1) is 32.0. The molecule has 8 heteroatoms. The summed E-state index contributed by atoms with van der Waals surface area (Å²) < 4.78 is 5.88. The lowest BCUT2D eigenvalue weighted by atomic mass is 9.59. The topological polar surface area (TPSA) is 138 Å². The zero-order valence-electron chi connectivity index (χ0n) is 21.6. The van der Waals surface area contributed by atoms with Crippen molar-refractivity contribution in [3.8, 4) is 0 Å². The van der Waals surface area contributed by atoms with E-state index in [-0.39, 0.29) is 19.4 Å². The molecule has 3 N–H and O–H groups in total. The normalized spacial score (nSPS) is 14.4. The number of hydrogen-bond donors (Lipinski definition) is 3. The molecule has 0 spiro atoms. The molecule has 2 atom stereocenters. The van der Waals surface area contributed by atoms with Gasteiger partial charge >= 0.3 is 17.9 Å². The first-order valence-corrected chi connectivity index (χ1v) is 12.9. The van der Waals surface area contributed by atoms with E-state index < -0.39 is 40.6 Å². The Morgan fingerprint density at radius 1 is 0.676 bits per heavy atom. The van der Waals surface area contributed by atoms with Gasteiger partial charge < -0.3 is 20.1 Å². The fraction of sp³-hybridized carbons (Fsp3) is 0.846. The predicted octanol–water partition coefficient (Wildman–Crippen LogP) is 5.71. The molecule has 0 fully saturated rings. The van der Waals surface area contributed by atoms with E-state index in [0.29, 0.717) is 32.1 Å². The average Bonchev–Trinajstić information content (AvgIpc) is 2.76. The number of aliphatic carboxylic acids is 3. The van der Waals surface area contributed by atoms with Crippen LogP contribution in [0.5, 0.6) is 0 Å². The molecule has 0 saturated carbocycles. The smallest absolute Gasteiger partial charge is 0.338 e. The summed E-state index contributed by atoms with van der Waals surface area (Å²) >= 11 is 0. The Morgan fingerprint density at radius 2 is 1.12 bits per heavy atom. The number of rotatable bonds is 22. The molecule has 8 nitrogen and oxygen atoms in total. The minimum Gasteiger partial charge on any atom is -0.481 e. The number of carbonyl (C=O) groups excluding carboxylic acids is 1. The highest BCUT2D eigenvalue weighted by Gasteiger charge is 2.69. The van der Waals surface area contributed by atoms with Gasteiger partial charge in [0.2, 0.25) is 5.60 Å². The van der Waals surface area contributed by atoms with Crippen LogP contribution in [-0.4, -0.2) is 51.2 Å². The summed E-state index contributed by atoms with van der Waals surface area (Å²) in [6, 6.07) is 0. The van der Waals surface area contributed by atoms with Crippen LogP contribution in [-0.2, 0) is 23.9 Å². The molecule has 0 radical (unpaired) electrons. The van der Waals surface area contributed by atoms with Crippen LogP contribution in [0.3, 0.4) is 0 Å². The van der Waals surface area contributed by atoms with E-state index in [9.17, 15) is 34.5 Å². The van der Waals surface area contributed by atoms with Crippen LogP contribution in [0.2, 0.25) is 0 Å². The highest BCUT2D eigenvalue weighted by Crippen LogP contribution is 2.49. The van der Waals surface area contributed by atoms with E-state index >= 15 is 0 Å². The number of carboxylic acid groups (broad SMARTS) is 3. The van der Waals surface area contributed by atoms with Gasteiger partial charge in [-0.15, -0.1) is 0 Å². The highest BCUT2D eigenvalue weighted by atomic mass is 16.5. The van der Waals surface area contributed by atoms with Gasteiger partial charge in [0, 0.05) is 6.61 Å². The number of carbonyl (C=O) groups is 4. The third-order valence-corrected chi connectivity index (χ3v) is 6.74. The molecule has 0 rings (SSSR count). The molecule has 0 heterocycles. The van der Waals surface area contributed by atoms with Crippen LogP contribution < -0.4 is 0 Å². The van der Waals surface area contributed by atoms with Gasteiger partial charge in [0.25, 0.3) is 0 Å². The molecular weight excluding hydrogens is 440 g/mol. The molecule has 0 aromatic heterocycles. The zero-order valence-corrected chi connectivity index (χ0v) is 21.6. The number of Topliss-reactive ketones (excluding diaryl/α,β-unsaturated/α-hetero) is 1. The van der Waals surface area contributed by atoms with Gasteiger partial charge in [-0.05, 0) is 26.2 Å². The number of ketones is 1. The molecule has 0 aliphatic rings.